The first kappa shape index (κ1) is 21.2. The second-order valence-electron chi connectivity index (χ2n) is 4.89. The molecule has 0 aromatic heterocycles. The van der Waals surface area contributed by atoms with Crippen LogP contribution in [-0.4, -0.2) is 51.1 Å². The van der Waals surface area contributed by atoms with Crippen molar-refractivity contribution in [2.75, 3.05) is 22.5 Å². The van der Waals surface area contributed by atoms with Gasteiger partial charge in [0.2, 0.25) is 10.0 Å². The summed E-state index contributed by atoms with van der Waals surface area (Å²) in [6.07, 6.45) is -0.127. The highest BCUT2D eigenvalue weighted by atomic mass is 32.2. The Morgan fingerprint density at radius 3 is 1.96 bits per heavy atom. The summed E-state index contributed by atoms with van der Waals surface area (Å²) < 4.78 is 46.8. The highest BCUT2D eigenvalue weighted by molar-refractivity contribution is 7.92. The van der Waals surface area contributed by atoms with Crippen LogP contribution in [0.3, 0.4) is 0 Å². The minimum Gasteiger partial charge on any atom is -0.349 e. The van der Waals surface area contributed by atoms with Crippen molar-refractivity contribution in [1.29, 1.82) is 0 Å². The third-order valence-corrected chi connectivity index (χ3v) is 6.12. The van der Waals surface area contributed by atoms with Gasteiger partial charge in [-0.3, -0.25) is 13.9 Å². The molecule has 1 rings (SSSR count). The Hall–Kier alpha value is -0.840. The van der Waals surface area contributed by atoms with Crippen LogP contribution in [0.2, 0.25) is 0 Å². The van der Waals surface area contributed by atoms with E-state index >= 15 is 0 Å². The van der Waals surface area contributed by atoms with Crippen molar-refractivity contribution >= 4 is 53.8 Å². The Morgan fingerprint density at radius 1 is 1.12 bits per heavy atom. The third-order valence-electron chi connectivity index (χ3n) is 2.58. The fourth-order valence-electron chi connectivity index (χ4n) is 1.63. The summed E-state index contributed by atoms with van der Waals surface area (Å²) in [4.78, 5) is 35.9. The molecule has 10 nitrogen and oxygen atoms in total. The zero-order chi connectivity index (χ0) is 18.8. The average molecular weight is 418 g/mol. The number of hydrogen-bond donors (Lipinski definition) is 6. The monoisotopic (exact) mass is 418 g/mol. The van der Waals surface area contributed by atoms with Gasteiger partial charge in [0.1, 0.15) is 5.66 Å². The third kappa shape index (κ3) is 7.82. The number of benzene rings is 1. The second-order valence-corrected chi connectivity index (χ2v) is 10.6. The molecular weight excluding hydrogens is 402 g/mol. The lowest BCUT2D eigenvalue weighted by Crippen LogP contribution is -2.29. The number of hydrogen-bond acceptors (Lipinski definition) is 5. The highest BCUT2D eigenvalue weighted by Gasteiger charge is 2.38. The standard InChI is InChI=1S/C10H16N2O8P2S2/c1-24(19,20)12-8-4-2-7(3-5-8)11-10(23)9(22(16,17)18)6-21(13,14)15/h2-5,9,12H,6H2,1H3,(H,11,23)(H2,13,14,15)(H2,16,17,18). The van der Waals surface area contributed by atoms with Crippen LogP contribution in [0.25, 0.3) is 0 Å². The van der Waals surface area contributed by atoms with Crippen LogP contribution in [0.5, 0.6) is 0 Å². The molecule has 0 amide bonds. The molecule has 1 unspecified atom stereocenters. The van der Waals surface area contributed by atoms with Gasteiger partial charge in [-0.05, 0) is 24.3 Å². The number of nitrogens with one attached hydrogen (secondary N) is 2. The fourth-order valence-corrected chi connectivity index (χ4v) is 5.42. The van der Waals surface area contributed by atoms with Crippen LogP contribution in [0.1, 0.15) is 0 Å². The van der Waals surface area contributed by atoms with Gasteiger partial charge in [-0.15, -0.1) is 0 Å². The smallest absolute Gasteiger partial charge is 0.336 e. The molecule has 0 spiro atoms. The first-order valence-corrected chi connectivity index (χ1v) is 11.9. The molecule has 0 radical (unpaired) electrons. The van der Waals surface area contributed by atoms with E-state index in [-0.39, 0.29) is 11.4 Å². The summed E-state index contributed by atoms with van der Waals surface area (Å²) in [5.74, 6) is 0. The average Bonchev–Trinajstić information content (AvgIpc) is 2.34. The normalized spacial score (nSPS) is 14.0. The molecule has 1 aromatic carbocycles. The van der Waals surface area contributed by atoms with Gasteiger partial charge in [-0.1, -0.05) is 12.2 Å². The zero-order valence-corrected chi connectivity index (χ0v) is 15.6. The van der Waals surface area contributed by atoms with E-state index in [4.69, 9.17) is 22.0 Å². The molecule has 0 aliphatic carbocycles. The van der Waals surface area contributed by atoms with Gasteiger partial charge < -0.3 is 24.9 Å². The molecule has 136 valence electrons. The van der Waals surface area contributed by atoms with Gasteiger partial charge in [-0.25, -0.2) is 8.42 Å². The van der Waals surface area contributed by atoms with E-state index in [9.17, 15) is 27.3 Å². The molecule has 14 heteroatoms. The van der Waals surface area contributed by atoms with Gasteiger partial charge in [0.25, 0.3) is 0 Å². The maximum atomic E-state index is 11.4. The Kier molecular flexibility index (Phi) is 6.70. The summed E-state index contributed by atoms with van der Waals surface area (Å²) in [5, 5.41) is 2.48. The lowest BCUT2D eigenvalue weighted by atomic mass is 10.3. The lowest BCUT2D eigenvalue weighted by Gasteiger charge is -2.21. The van der Waals surface area contributed by atoms with E-state index < -0.39 is 42.0 Å². The van der Waals surface area contributed by atoms with E-state index in [1.165, 1.54) is 24.3 Å². The summed E-state index contributed by atoms with van der Waals surface area (Å²) in [6.45, 7) is 0. The molecule has 0 saturated carbocycles. The maximum Gasteiger partial charge on any atom is 0.336 e. The molecular formula is C10H16N2O8P2S2. The van der Waals surface area contributed by atoms with Crippen molar-refractivity contribution in [3.8, 4) is 0 Å². The van der Waals surface area contributed by atoms with Crippen molar-refractivity contribution in [1.82, 2.24) is 0 Å². The SMILES string of the molecule is CS(=O)(=O)Nc1ccc(NC(=S)C(CP(=O)(O)O)P(=O)(O)O)cc1. The molecule has 1 aromatic rings. The molecule has 0 aliphatic heterocycles. The van der Waals surface area contributed by atoms with Crippen molar-refractivity contribution in [2.45, 2.75) is 5.66 Å². The quantitative estimate of drug-likeness (QED) is 0.271. The van der Waals surface area contributed by atoms with Crippen molar-refractivity contribution < 1.29 is 37.1 Å². The summed E-state index contributed by atoms with van der Waals surface area (Å²) >= 11 is 4.84. The Labute approximate surface area is 143 Å². The minimum atomic E-state index is -4.89. The van der Waals surface area contributed by atoms with Gasteiger partial charge >= 0.3 is 15.2 Å². The van der Waals surface area contributed by atoms with E-state index in [2.05, 4.69) is 10.0 Å². The van der Waals surface area contributed by atoms with Crippen LogP contribution < -0.4 is 10.0 Å². The first-order chi connectivity index (χ1) is 10.7. The summed E-state index contributed by atoms with van der Waals surface area (Å²) in [5.41, 5.74) is -1.32. The van der Waals surface area contributed by atoms with Gasteiger partial charge in [0, 0.05) is 11.4 Å². The zero-order valence-electron chi connectivity index (χ0n) is 12.2. The predicted octanol–water partition coefficient (Wildman–Crippen LogP) is 0.521. The Morgan fingerprint density at radius 2 is 1.58 bits per heavy atom. The predicted molar refractivity (Wildman–Crippen MR) is 93.9 cm³/mol. The first-order valence-electron chi connectivity index (χ1n) is 6.16. The molecule has 0 aliphatic rings. The van der Waals surface area contributed by atoms with Crippen molar-refractivity contribution in [3.05, 3.63) is 24.3 Å². The molecule has 1 atom stereocenters. The number of sulfonamides is 1. The van der Waals surface area contributed by atoms with E-state index in [1.807, 2.05) is 0 Å². The lowest BCUT2D eigenvalue weighted by molar-refractivity contribution is 0.355. The molecule has 0 saturated heterocycles. The highest BCUT2D eigenvalue weighted by Crippen LogP contribution is 2.49. The van der Waals surface area contributed by atoms with Crippen LogP contribution in [-0.2, 0) is 19.2 Å². The largest absolute Gasteiger partial charge is 0.349 e. The van der Waals surface area contributed by atoms with Crippen molar-refractivity contribution in [2.24, 2.45) is 0 Å². The van der Waals surface area contributed by atoms with Crippen molar-refractivity contribution in [3.63, 3.8) is 0 Å². The Bertz CT molecular complexity index is 799. The van der Waals surface area contributed by atoms with E-state index in [0.29, 0.717) is 0 Å². The number of thiocarbonyl (C=S) groups is 1. The summed E-state index contributed by atoms with van der Waals surface area (Å²) in [6, 6.07) is 5.52. The maximum absolute atomic E-state index is 11.4. The van der Waals surface area contributed by atoms with Crippen LogP contribution in [0.15, 0.2) is 24.3 Å². The summed E-state index contributed by atoms with van der Waals surface area (Å²) in [7, 11) is -13.0. The second kappa shape index (κ2) is 7.59. The van der Waals surface area contributed by atoms with Crippen LogP contribution >= 0.6 is 27.4 Å². The van der Waals surface area contributed by atoms with Gasteiger partial charge in [-0.2, -0.15) is 0 Å². The molecule has 0 bridgehead atoms. The van der Waals surface area contributed by atoms with E-state index in [1.54, 1.807) is 0 Å². The number of rotatable bonds is 7. The van der Waals surface area contributed by atoms with Crippen LogP contribution in [0, 0.1) is 0 Å². The van der Waals surface area contributed by atoms with Crippen LogP contribution in [0.4, 0.5) is 11.4 Å². The van der Waals surface area contributed by atoms with Gasteiger partial charge in [0.05, 0.1) is 17.4 Å². The molecule has 6 N–H and O–H groups in total. The fraction of sp³-hybridized carbons (Fsp3) is 0.300. The number of anilines is 2. The molecule has 0 fully saturated rings. The minimum absolute atomic E-state index is 0.260. The molecule has 24 heavy (non-hydrogen) atoms. The van der Waals surface area contributed by atoms with E-state index in [0.717, 1.165) is 6.26 Å². The van der Waals surface area contributed by atoms with Gasteiger partial charge in [0.15, 0.2) is 0 Å². The molecule has 0 heterocycles. The topological polar surface area (TPSA) is 173 Å². The Balaban J connectivity index is 2.91.